The summed E-state index contributed by atoms with van der Waals surface area (Å²) in [5, 5.41) is 2.94. The van der Waals surface area contributed by atoms with Gasteiger partial charge in [-0.05, 0) is 48.7 Å². The summed E-state index contributed by atoms with van der Waals surface area (Å²) in [6, 6.07) is 12.4. The van der Waals surface area contributed by atoms with Crippen LogP contribution in [0.5, 0.6) is 5.75 Å². The Kier molecular flexibility index (Phi) is 7.48. The highest BCUT2D eigenvalue weighted by atomic mass is 79.9. The van der Waals surface area contributed by atoms with E-state index in [0.717, 1.165) is 31.9 Å². The Morgan fingerprint density at radius 1 is 1.25 bits per heavy atom. The number of hydrogen-bond donors (Lipinski definition) is 1. The van der Waals surface area contributed by atoms with Gasteiger partial charge in [0.15, 0.2) is 0 Å². The number of benzene rings is 2. The lowest BCUT2D eigenvalue weighted by atomic mass is 10.0. The van der Waals surface area contributed by atoms with Gasteiger partial charge in [0.25, 0.3) is 0 Å². The van der Waals surface area contributed by atoms with Crippen LogP contribution in [0.1, 0.15) is 30.5 Å². The maximum Gasteiger partial charge on any atom is 0.241 e. The fourth-order valence-corrected chi connectivity index (χ4v) is 4.18. The van der Waals surface area contributed by atoms with Crippen molar-refractivity contribution in [1.82, 2.24) is 5.32 Å². The van der Waals surface area contributed by atoms with Crippen molar-refractivity contribution in [3.8, 4) is 5.75 Å². The lowest BCUT2D eigenvalue weighted by molar-refractivity contribution is -0.120. The molecule has 0 saturated carbocycles. The highest BCUT2D eigenvalue weighted by molar-refractivity contribution is 9.10. The van der Waals surface area contributed by atoms with Crippen molar-refractivity contribution in [1.29, 1.82) is 0 Å². The summed E-state index contributed by atoms with van der Waals surface area (Å²) in [5.41, 5.74) is 2.35. The van der Waals surface area contributed by atoms with Gasteiger partial charge in [-0.25, -0.2) is 8.42 Å². The summed E-state index contributed by atoms with van der Waals surface area (Å²) in [4.78, 5) is 12.7. The number of halogens is 1. The number of anilines is 1. The normalized spacial score (nSPS) is 12.3. The van der Waals surface area contributed by atoms with E-state index in [4.69, 9.17) is 4.74 Å². The molecule has 0 aromatic heterocycles. The van der Waals surface area contributed by atoms with E-state index < -0.39 is 10.0 Å². The fourth-order valence-electron chi connectivity index (χ4n) is 2.94. The van der Waals surface area contributed by atoms with Crippen LogP contribution < -0.4 is 14.4 Å². The minimum atomic E-state index is -3.62. The minimum absolute atomic E-state index is 0.221. The molecule has 0 unspecified atom stereocenters. The monoisotopic (exact) mass is 468 g/mol. The van der Waals surface area contributed by atoms with E-state index in [1.165, 1.54) is 0 Å². The van der Waals surface area contributed by atoms with Gasteiger partial charge in [0.1, 0.15) is 12.3 Å². The van der Waals surface area contributed by atoms with E-state index in [-0.39, 0.29) is 18.5 Å². The van der Waals surface area contributed by atoms with E-state index in [0.29, 0.717) is 12.1 Å². The molecule has 0 radical (unpaired) electrons. The highest BCUT2D eigenvalue weighted by Crippen LogP contribution is 2.25. The van der Waals surface area contributed by atoms with Crippen molar-refractivity contribution in [3.05, 3.63) is 58.1 Å². The van der Waals surface area contributed by atoms with Crippen LogP contribution in [-0.2, 0) is 14.8 Å². The molecular weight excluding hydrogens is 444 g/mol. The molecule has 0 aliphatic heterocycles. The third-order valence-corrected chi connectivity index (χ3v) is 5.98. The maximum absolute atomic E-state index is 12.7. The summed E-state index contributed by atoms with van der Waals surface area (Å²) in [7, 11) is -2.00. The van der Waals surface area contributed by atoms with Crippen LogP contribution in [0.3, 0.4) is 0 Å². The molecule has 1 N–H and O–H groups in total. The number of nitrogens with one attached hydrogen (secondary N) is 1. The summed E-state index contributed by atoms with van der Waals surface area (Å²) in [5.74, 6) is 0.411. The zero-order valence-corrected chi connectivity index (χ0v) is 18.8. The molecule has 28 heavy (non-hydrogen) atoms. The molecule has 8 heteroatoms. The second-order valence-electron chi connectivity index (χ2n) is 6.51. The van der Waals surface area contributed by atoms with Gasteiger partial charge in [-0.2, -0.15) is 0 Å². The van der Waals surface area contributed by atoms with Crippen molar-refractivity contribution >= 4 is 37.5 Å². The number of rotatable bonds is 8. The Morgan fingerprint density at radius 2 is 1.96 bits per heavy atom. The van der Waals surface area contributed by atoms with Crippen molar-refractivity contribution in [2.24, 2.45) is 0 Å². The van der Waals surface area contributed by atoms with E-state index in [2.05, 4.69) is 21.2 Å². The van der Waals surface area contributed by atoms with Gasteiger partial charge in [0, 0.05) is 4.47 Å². The van der Waals surface area contributed by atoms with Gasteiger partial charge in [-0.1, -0.05) is 41.1 Å². The number of methoxy groups -OCH3 is 1. The molecule has 1 amide bonds. The highest BCUT2D eigenvalue weighted by Gasteiger charge is 2.23. The summed E-state index contributed by atoms with van der Waals surface area (Å²) < 4.78 is 31.6. The lowest BCUT2D eigenvalue weighted by Crippen LogP contribution is -2.41. The van der Waals surface area contributed by atoms with Crippen LogP contribution in [-0.4, -0.2) is 34.2 Å². The van der Waals surface area contributed by atoms with Gasteiger partial charge in [-0.15, -0.1) is 0 Å². The topological polar surface area (TPSA) is 75.7 Å². The van der Waals surface area contributed by atoms with Gasteiger partial charge < -0.3 is 10.1 Å². The number of aryl methyl sites for hydroxylation is 1. The van der Waals surface area contributed by atoms with Crippen molar-refractivity contribution in [2.45, 2.75) is 26.3 Å². The zero-order valence-electron chi connectivity index (χ0n) is 16.4. The molecule has 6 nitrogen and oxygen atoms in total. The Morgan fingerprint density at radius 3 is 2.50 bits per heavy atom. The van der Waals surface area contributed by atoms with E-state index in [1.807, 2.05) is 32.0 Å². The van der Waals surface area contributed by atoms with Crippen LogP contribution in [0.15, 0.2) is 46.9 Å². The molecule has 0 fully saturated rings. The Bertz CT molecular complexity index is 947. The molecule has 0 aliphatic rings. The number of carbonyl (C=O) groups excluding carboxylic acids is 1. The third-order valence-electron chi connectivity index (χ3n) is 4.35. The molecule has 0 spiro atoms. The molecule has 0 bridgehead atoms. The molecule has 1 atom stereocenters. The first-order valence-electron chi connectivity index (χ1n) is 8.83. The van der Waals surface area contributed by atoms with Gasteiger partial charge in [0.05, 0.1) is 25.1 Å². The summed E-state index contributed by atoms with van der Waals surface area (Å²) in [6.45, 7) is 3.61. The average Bonchev–Trinajstić information content (AvgIpc) is 2.63. The Labute approximate surface area is 175 Å². The van der Waals surface area contributed by atoms with E-state index >= 15 is 0 Å². The molecule has 0 aliphatic carbocycles. The number of sulfonamides is 1. The van der Waals surface area contributed by atoms with Crippen LogP contribution >= 0.6 is 15.9 Å². The van der Waals surface area contributed by atoms with Crippen LogP contribution in [0.2, 0.25) is 0 Å². The Hall–Kier alpha value is -2.06. The molecule has 0 saturated heterocycles. The molecule has 2 aromatic carbocycles. The van der Waals surface area contributed by atoms with Gasteiger partial charge in [0.2, 0.25) is 15.9 Å². The smallest absolute Gasteiger partial charge is 0.241 e. The molecule has 2 aromatic rings. The predicted molar refractivity (Wildman–Crippen MR) is 115 cm³/mol. The molecule has 2 rings (SSSR count). The lowest BCUT2D eigenvalue weighted by Gasteiger charge is -2.24. The number of hydrogen-bond acceptors (Lipinski definition) is 4. The third kappa shape index (κ3) is 5.72. The zero-order chi connectivity index (χ0) is 20.9. The van der Waals surface area contributed by atoms with E-state index in [9.17, 15) is 13.2 Å². The summed E-state index contributed by atoms with van der Waals surface area (Å²) >= 11 is 3.33. The predicted octanol–water partition coefficient (Wildman–Crippen LogP) is 3.80. The van der Waals surface area contributed by atoms with Gasteiger partial charge >= 0.3 is 0 Å². The fraction of sp³-hybridized carbons (Fsp3) is 0.350. The van der Waals surface area contributed by atoms with Crippen molar-refractivity contribution in [2.75, 3.05) is 24.2 Å². The average molecular weight is 469 g/mol. The SMILES string of the molecule is CC[C@H](NC(=O)CN(c1cccc(Br)c1)S(C)(=O)=O)c1ccc(OC)c(C)c1. The van der Waals surface area contributed by atoms with Crippen LogP contribution in [0, 0.1) is 6.92 Å². The van der Waals surface area contributed by atoms with Crippen LogP contribution in [0.25, 0.3) is 0 Å². The van der Waals surface area contributed by atoms with Crippen molar-refractivity contribution < 1.29 is 17.9 Å². The number of ether oxygens (including phenoxy) is 1. The molecular formula is C20H25BrN2O4S. The molecule has 152 valence electrons. The minimum Gasteiger partial charge on any atom is -0.496 e. The van der Waals surface area contributed by atoms with Crippen LogP contribution in [0.4, 0.5) is 5.69 Å². The summed E-state index contributed by atoms with van der Waals surface area (Å²) in [6.07, 6.45) is 1.76. The Balaban J connectivity index is 2.20. The first-order chi connectivity index (χ1) is 13.2. The second-order valence-corrected chi connectivity index (χ2v) is 9.33. The van der Waals surface area contributed by atoms with E-state index in [1.54, 1.807) is 31.4 Å². The second kappa shape index (κ2) is 9.43. The number of nitrogens with zero attached hydrogens (tertiary/aromatic N) is 1. The number of amides is 1. The van der Waals surface area contributed by atoms with Gasteiger partial charge in [-0.3, -0.25) is 9.10 Å². The quantitative estimate of drug-likeness (QED) is 0.638. The van der Waals surface area contributed by atoms with Crippen molar-refractivity contribution in [3.63, 3.8) is 0 Å². The maximum atomic E-state index is 12.7. The number of carbonyl (C=O) groups is 1. The standard InChI is InChI=1S/C20H25BrN2O4S/c1-5-18(15-9-10-19(27-3)14(2)11-15)22-20(24)13-23(28(4,25)26)17-8-6-7-16(21)12-17/h6-12,18H,5,13H2,1-4H3,(H,22,24)/t18-/m0/s1. The largest absolute Gasteiger partial charge is 0.496 e. The first-order valence-corrected chi connectivity index (χ1v) is 11.5. The molecule has 0 heterocycles. The first kappa shape index (κ1) is 22.2.